The van der Waals surface area contributed by atoms with Crippen molar-refractivity contribution in [3.05, 3.63) is 35.4 Å². The van der Waals surface area contributed by atoms with Crippen molar-refractivity contribution in [1.82, 2.24) is 10.2 Å². The molecule has 19 heavy (non-hydrogen) atoms. The highest BCUT2D eigenvalue weighted by molar-refractivity contribution is 5.25. The molecule has 1 aromatic carbocycles. The van der Waals surface area contributed by atoms with E-state index in [1.54, 1.807) is 0 Å². The number of nitrogens with zero attached hydrogens (tertiary/aromatic N) is 1. The van der Waals surface area contributed by atoms with E-state index >= 15 is 0 Å². The molecule has 0 aromatic heterocycles. The van der Waals surface area contributed by atoms with E-state index < -0.39 is 0 Å². The second kappa shape index (κ2) is 7.06. The molecule has 1 aromatic rings. The summed E-state index contributed by atoms with van der Waals surface area (Å²) in [5.74, 6) is 0. The van der Waals surface area contributed by atoms with Gasteiger partial charge in [-0.1, -0.05) is 38.1 Å². The average Bonchev–Trinajstić information content (AvgIpc) is 2.89. The van der Waals surface area contributed by atoms with Crippen molar-refractivity contribution < 1.29 is 0 Å². The fourth-order valence-corrected chi connectivity index (χ4v) is 3.36. The Hall–Kier alpha value is -0.860. The zero-order chi connectivity index (χ0) is 13.7. The molecule has 2 atom stereocenters. The molecule has 2 rings (SSSR count). The van der Waals surface area contributed by atoms with Crippen LogP contribution >= 0.6 is 0 Å². The van der Waals surface area contributed by atoms with E-state index in [9.17, 15) is 0 Å². The van der Waals surface area contributed by atoms with Gasteiger partial charge in [0.25, 0.3) is 0 Å². The summed E-state index contributed by atoms with van der Waals surface area (Å²) in [4.78, 5) is 2.71. The van der Waals surface area contributed by atoms with Crippen LogP contribution in [0.3, 0.4) is 0 Å². The van der Waals surface area contributed by atoms with Gasteiger partial charge in [0.2, 0.25) is 0 Å². The highest BCUT2D eigenvalue weighted by Gasteiger charge is 2.29. The normalized spacial score (nSPS) is 21.7. The molecule has 2 nitrogen and oxygen atoms in total. The lowest BCUT2D eigenvalue weighted by Gasteiger charge is -2.33. The summed E-state index contributed by atoms with van der Waals surface area (Å²) in [5, 5.41) is 3.35. The monoisotopic (exact) mass is 260 g/mol. The molecular weight excluding hydrogens is 232 g/mol. The molecule has 106 valence electrons. The van der Waals surface area contributed by atoms with Crippen LogP contribution in [0.5, 0.6) is 0 Å². The molecule has 1 N–H and O–H groups in total. The van der Waals surface area contributed by atoms with Crippen LogP contribution in [0.1, 0.15) is 50.3 Å². The number of hydrogen-bond donors (Lipinski definition) is 1. The van der Waals surface area contributed by atoms with Gasteiger partial charge in [0.15, 0.2) is 0 Å². The third-order valence-corrected chi connectivity index (χ3v) is 4.42. The SMILES string of the molecule is CCc1ccc(C(CC)N2CCCC2CNC)cc1. The summed E-state index contributed by atoms with van der Waals surface area (Å²) in [6.07, 6.45) is 5.01. The number of likely N-dealkylation sites (N-methyl/N-ethyl adjacent to an activating group) is 1. The highest BCUT2D eigenvalue weighted by Crippen LogP contribution is 2.31. The molecule has 1 heterocycles. The van der Waals surface area contributed by atoms with E-state index in [4.69, 9.17) is 0 Å². The minimum atomic E-state index is 0.590. The maximum absolute atomic E-state index is 3.35. The minimum Gasteiger partial charge on any atom is -0.318 e. The first-order valence-corrected chi connectivity index (χ1v) is 7.79. The first-order valence-electron chi connectivity index (χ1n) is 7.79. The first-order chi connectivity index (χ1) is 9.30. The molecule has 1 aliphatic heterocycles. The Morgan fingerprint density at radius 1 is 1.26 bits per heavy atom. The molecule has 0 bridgehead atoms. The third kappa shape index (κ3) is 3.37. The molecule has 0 amide bonds. The van der Waals surface area contributed by atoms with Crippen molar-refractivity contribution >= 4 is 0 Å². The van der Waals surface area contributed by atoms with E-state index in [0.717, 1.165) is 13.0 Å². The van der Waals surface area contributed by atoms with Gasteiger partial charge in [-0.3, -0.25) is 4.90 Å². The summed E-state index contributed by atoms with van der Waals surface area (Å²) in [7, 11) is 2.06. The molecule has 2 heteroatoms. The smallest absolute Gasteiger partial charge is 0.0348 e. The van der Waals surface area contributed by atoms with E-state index in [1.165, 1.54) is 36.9 Å². The summed E-state index contributed by atoms with van der Waals surface area (Å²) < 4.78 is 0. The molecular formula is C17H28N2. The Balaban J connectivity index is 2.13. The number of likely N-dealkylation sites (tertiary alicyclic amines) is 1. The van der Waals surface area contributed by atoms with Gasteiger partial charge in [0, 0.05) is 18.6 Å². The van der Waals surface area contributed by atoms with Crippen LogP contribution in [-0.4, -0.2) is 31.1 Å². The fraction of sp³-hybridized carbons (Fsp3) is 0.647. The van der Waals surface area contributed by atoms with Crippen LogP contribution in [0.4, 0.5) is 0 Å². The second-order valence-electron chi connectivity index (χ2n) is 5.61. The number of hydrogen-bond acceptors (Lipinski definition) is 2. The van der Waals surface area contributed by atoms with E-state index in [0.29, 0.717) is 12.1 Å². The van der Waals surface area contributed by atoms with Crippen molar-refractivity contribution in [2.45, 2.75) is 51.6 Å². The van der Waals surface area contributed by atoms with Crippen molar-refractivity contribution in [2.75, 3.05) is 20.1 Å². The lowest BCUT2D eigenvalue weighted by atomic mass is 9.99. The standard InChI is InChI=1S/C17H28N2/c1-4-14-8-10-15(11-9-14)17(5-2)19-12-6-7-16(19)13-18-3/h8-11,16-18H,4-7,12-13H2,1-3H3. The van der Waals surface area contributed by atoms with Crippen LogP contribution in [0, 0.1) is 0 Å². The Bertz CT molecular complexity index is 371. The lowest BCUT2D eigenvalue weighted by Crippen LogP contribution is -2.39. The Morgan fingerprint density at radius 2 is 2.00 bits per heavy atom. The summed E-state index contributed by atoms with van der Waals surface area (Å²) >= 11 is 0. The van der Waals surface area contributed by atoms with E-state index in [2.05, 4.69) is 55.4 Å². The number of aryl methyl sites for hydroxylation is 1. The predicted molar refractivity (Wildman–Crippen MR) is 82.5 cm³/mol. The molecule has 1 aliphatic rings. The number of benzene rings is 1. The van der Waals surface area contributed by atoms with Crippen LogP contribution in [0.2, 0.25) is 0 Å². The van der Waals surface area contributed by atoms with Gasteiger partial charge in [-0.15, -0.1) is 0 Å². The van der Waals surface area contributed by atoms with Crippen LogP contribution in [0.15, 0.2) is 24.3 Å². The topological polar surface area (TPSA) is 15.3 Å². The summed E-state index contributed by atoms with van der Waals surface area (Å²) in [6, 6.07) is 10.6. The van der Waals surface area contributed by atoms with Crippen molar-refractivity contribution in [3.8, 4) is 0 Å². The minimum absolute atomic E-state index is 0.590. The maximum Gasteiger partial charge on any atom is 0.0348 e. The molecule has 0 saturated carbocycles. The largest absolute Gasteiger partial charge is 0.318 e. The van der Waals surface area contributed by atoms with Crippen LogP contribution in [-0.2, 0) is 6.42 Å². The van der Waals surface area contributed by atoms with Gasteiger partial charge in [-0.05, 0) is 50.4 Å². The number of rotatable bonds is 6. The van der Waals surface area contributed by atoms with E-state index in [1.807, 2.05) is 0 Å². The summed E-state index contributed by atoms with van der Waals surface area (Å²) in [6.45, 7) is 6.90. The van der Waals surface area contributed by atoms with Crippen LogP contribution in [0.25, 0.3) is 0 Å². The van der Waals surface area contributed by atoms with Gasteiger partial charge in [0.05, 0.1) is 0 Å². The van der Waals surface area contributed by atoms with Gasteiger partial charge in [-0.25, -0.2) is 0 Å². The fourth-order valence-electron chi connectivity index (χ4n) is 3.36. The zero-order valence-electron chi connectivity index (χ0n) is 12.7. The Kier molecular flexibility index (Phi) is 5.41. The van der Waals surface area contributed by atoms with Gasteiger partial charge in [-0.2, -0.15) is 0 Å². The molecule has 1 fully saturated rings. The molecule has 2 unspecified atom stereocenters. The average molecular weight is 260 g/mol. The molecule has 0 aliphatic carbocycles. The maximum atomic E-state index is 3.35. The molecule has 0 radical (unpaired) electrons. The van der Waals surface area contributed by atoms with Gasteiger partial charge in [0.1, 0.15) is 0 Å². The van der Waals surface area contributed by atoms with Gasteiger partial charge < -0.3 is 5.32 Å². The molecule has 0 spiro atoms. The van der Waals surface area contributed by atoms with E-state index in [-0.39, 0.29) is 0 Å². The zero-order valence-corrected chi connectivity index (χ0v) is 12.7. The quantitative estimate of drug-likeness (QED) is 0.843. The summed E-state index contributed by atoms with van der Waals surface area (Å²) in [5.41, 5.74) is 2.93. The predicted octanol–water partition coefficient (Wildman–Crippen LogP) is 3.38. The van der Waals surface area contributed by atoms with Crippen molar-refractivity contribution in [1.29, 1.82) is 0 Å². The van der Waals surface area contributed by atoms with Crippen LogP contribution < -0.4 is 5.32 Å². The first kappa shape index (κ1) is 14.5. The van der Waals surface area contributed by atoms with Gasteiger partial charge >= 0.3 is 0 Å². The Morgan fingerprint density at radius 3 is 2.58 bits per heavy atom. The third-order valence-electron chi connectivity index (χ3n) is 4.42. The lowest BCUT2D eigenvalue weighted by molar-refractivity contribution is 0.174. The van der Waals surface area contributed by atoms with Crippen molar-refractivity contribution in [3.63, 3.8) is 0 Å². The highest BCUT2D eigenvalue weighted by atomic mass is 15.2. The number of nitrogens with one attached hydrogen (secondary N) is 1. The second-order valence-corrected chi connectivity index (χ2v) is 5.61. The van der Waals surface area contributed by atoms with Crippen molar-refractivity contribution in [2.24, 2.45) is 0 Å². The molecule has 1 saturated heterocycles. The Labute approximate surface area is 118 Å².